The molecule has 0 saturated carbocycles. The smallest absolute Gasteiger partial charge is 0.269 e. The summed E-state index contributed by atoms with van der Waals surface area (Å²) in [5.41, 5.74) is 1.84. The van der Waals surface area contributed by atoms with Crippen molar-refractivity contribution >= 4 is 11.5 Å². The van der Waals surface area contributed by atoms with E-state index in [4.69, 9.17) is 9.47 Å². The Bertz CT molecular complexity index is 1100. The predicted octanol–water partition coefficient (Wildman–Crippen LogP) is 5.05. The highest BCUT2D eigenvalue weighted by molar-refractivity contribution is 6.02. The maximum atomic E-state index is 10.8. The molecule has 0 radical (unpaired) electrons. The van der Waals surface area contributed by atoms with Crippen molar-refractivity contribution in [1.82, 2.24) is 4.90 Å². The number of ether oxygens (including phenoxy) is 2. The Morgan fingerprint density at radius 3 is 2.35 bits per heavy atom. The van der Waals surface area contributed by atoms with Gasteiger partial charge in [0.25, 0.3) is 5.69 Å². The van der Waals surface area contributed by atoms with Crippen LogP contribution >= 0.6 is 0 Å². The predicted molar refractivity (Wildman–Crippen MR) is 119 cm³/mol. The van der Waals surface area contributed by atoms with Gasteiger partial charge in [-0.1, -0.05) is 24.3 Å². The van der Waals surface area contributed by atoms with E-state index in [9.17, 15) is 10.1 Å². The zero-order chi connectivity index (χ0) is 21.6. The molecular weight excluding hydrogens is 394 g/mol. The molecule has 31 heavy (non-hydrogen) atoms. The number of hydrogen-bond donors (Lipinski definition) is 0. The van der Waals surface area contributed by atoms with E-state index in [1.807, 2.05) is 48.5 Å². The van der Waals surface area contributed by atoms with Crippen LogP contribution in [-0.4, -0.2) is 35.3 Å². The Labute approximate surface area is 180 Å². The molecular formula is C24H23N3O4. The Morgan fingerprint density at radius 1 is 0.968 bits per heavy atom. The van der Waals surface area contributed by atoms with Gasteiger partial charge in [0.2, 0.25) is 0 Å². The lowest BCUT2D eigenvalue weighted by molar-refractivity contribution is -0.384. The lowest BCUT2D eigenvalue weighted by Crippen LogP contribution is -2.28. The average molecular weight is 417 g/mol. The van der Waals surface area contributed by atoms with E-state index in [0.29, 0.717) is 17.2 Å². The van der Waals surface area contributed by atoms with E-state index < -0.39 is 4.92 Å². The summed E-state index contributed by atoms with van der Waals surface area (Å²) >= 11 is 0. The quantitative estimate of drug-likeness (QED) is 0.379. The summed E-state index contributed by atoms with van der Waals surface area (Å²) in [6, 6.07) is 21.6. The van der Waals surface area contributed by atoms with Crippen molar-refractivity contribution in [3.8, 4) is 17.2 Å². The molecule has 1 aliphatic rings. The molecule has 0 aliphatic carbocycles. The molecule has 0 bridgehead atoms. The van der Waals surface area contributed by atoms with Gasteiger partial charge in [0.15, 0.2) is 11.5 Å². The topological polar surface area (TPSA) is 77.2 Å². The zero-order valence-corrected chi connectivity index (χ0v) is 17.2. The van der Waals surface area contributed by atoms with Crippen LogP contribution in [0.3, 0.4) is 0 Å². The van der Waals surface area contributed by atoms with Crippen LogP contribution in [0.1, 0.15) is 18.1 Å². The maximum Gasteiger partial charge on any atom is 0.269 e. The summed E-state index contributed by atoms with van der Waals surface area (Å²) in [6.07, 6.45) is 0. The van der Waals surface area contributed by atoms with Crippen molar-refractivity contribution in [3.63, 3.8) is 0 Å². The fraction of sp³-hybridized carbons (Fsp3) is 0.208. The molecule has 0 atom stereocenters. The number of hydrogen-bond acceptors (Lipinski definition) is 6. The molecule has 0 aromatic heterocycles. The van der Waals surface area contributed by atoms with Gasteiger partial charge in [0.1, 0.15) is 18.2 Å². The first-order chi connectivity index (χ1) is 15.2. The van der Waals surface area contributed by atoms with Crippen LogP contribution in [0.4, 0.5) is 5.69 Å². The summed E-state index contributed by atoms with van der Waals surface area (Å²) in [5, 5.41) is 10.8. The monoisotopic (exact) mass is 417 g/mol. The van der Waals surface area contributed by atoms with Crippen LogP contribution in [0.5, 0.6) is 17.2 Å². The van der Waals surface area contributed by atoms with E-state index >= 15 is 0 Å². The van der Waals surface area contributed by atoms with Gasteiger partial charge in [-0.25, -0.2) is 0 Å². The molecule has 0 N–H and O–H groups in total. The van der Waals surface area contributed by atoms with Gasteiger partial charge in [0.05, 0.1) is 17.0 Å². The lowest BCUT2D eigenvalue weighted by Gasteiger charge is -2.20. The molecule has 1 aliphatic heterocycles. The number of nitro benzene ring substituents is 1. The fourth-order valence-corrected chi connectivity index (χ4v) is 3.43. The number of likely N-dealkylation sites (N-methyl/N-ethyl adjacent to an activating group) is 1. The van der Waals surface area contributed by atoms with Gasteiger partial charge in [-0.05, 0) is 48.9 Å². The van der Waals surface area contributed by atoms with Crippen molar-refractivity contribution in [2.75, 3.05) is 19.6 Å². The standard InChI is InChI=1S/C24H23N3O4/c1-2-26-16-15-25-24(26)20-7-3-4-8-21(20)31-23-10-6-5-9-22(23)30-17-18-11-13-19(14-12-18)27(28)29/h3-14H,2,15-17H2,1H3. The van der Waals surface area contributed by atoms with Gasteiger partial charge < -0.3 is 14.4 Å². The zero-order valence-electron chi connectivity index (χ0n) is 17.2. The minimum absolute atomic E-state index is 0.0556. The first kappa shape index (κ1) is 20.4. The van der Waals surface area contributed by atoms with Crippen LogP contribution in [0, 0.1) is 10.1 Å². The number of nitro groups is 1. The summed E-state index contributed by atoms with van der Waals surface area (Å²) < 4.78 is 12.2. The molecule has 0 fully saturated rings. The summed E-state index contributed by atoms with van der Waals surface area (Å²) in [5.74, 6) is 2.85. The third-order valence-electron chi connectivity index (χ3n) is 5.05. The van der Waals surface area contributed by atoms with Crippen LogP contribution in [0.25, 0.3) is 0 Å². The molecule has 7 nitrogen and oxygen atoms in total. The van der Waals surface area contributed by atoms with Crippen molar-refractivity contribution < 1.29 is 14.4 Å². The van der Waals surface area contributed by atoms with E-state index in [-0.39, 0.29) is 12.3 Å². The van der Waals surface area contributed by atoms with Gasteiger partial charge in [0, 0.05) is 25.2 Å². The number of rotatable bonds is 8. The van der Waals surface area contributed by atoms with Crippen molar-refractivity contribution in [2.45, 2.75) is 13.5 Å². The van der Waals surface area contributed by atoms with Gasteiger partial charge >= 0.3 is 0 Å². The van der Waals surface area contributed by atoms with Crippen LogP contribution < -0.4 is 9.47 Å². The Hall–Kier alpha value is -3.87. The first-order valence-electron chi connectivity index (χ1n) is 10.2. The molecule has 1 heterocycles. The summed E-state index contributed by atoms with van der Waals surface area (Å²) in [7, 11) is 0. The lowest BCUT2D eigenvalue weighted by atomic mass is 10.1. The number of para-hydroxylation sites is 3. The molecule has 7 heteroatoms. The fourth-order valence-electron chi connectivity index (χ4n) is 3.43. The summed E-state index contributed by atoms with van der Waals surface area (Å²) in [6.45, 7) is 4.98. The van der Waals surface area contributed by atoms with Crippen molar-refractivity contribution in [3.05, 3.63) is 94.0 Å². The Kier molecular flexibility index (Phi) is 6.12. The van der Waals surface area contributed by atoms with E-state index in [2.05, 4.69) is 16.8 Å². The van der Waals surface area contributed by atoms with Crippen LogP contribution in [0.15, 0.2) is 77.8 Å². The first-order valence-corrected chi connectivity index (χ1v) is 10.2. The van der Waals surface area contributed by atoms with Crippen LogP contribution in [-0.2, 0) is 6.61 Å². The molecule has 0 spiro atoms. The van der Waals surface area contributed by atoms with Gasteiger partial charge in [-0.15, -0.1) is 0 Å². The average Bonchev–Trinajstić information content (AvgIpc) is 3.28. The number of non-ortho nitro benzene ring substituents is 1. The number of nitrogens with zero attached hydrogens (tertiary/aromatic N) is 3. The second-order valence-electron chi connectivity index (χ2n) is 7.04. The van der Waals surface area contributed by atoms with E-state index in [1.165, 1.54) is 12.1 Å². The molecule has 4 rings (SSSR count). The summed E-state index contributed by atoms with van der Waals surface area (Å²) in [4.78, 5) is 17.3. The third kappa shape index (κ3) is 4.66. The van der Waals surface area contributed by atoms with Gasteiger partial charge in [-0.3, -0.25) is 15.1 Å². The molecule has 3 aromatic carbocycles. The van der Waals surface area contributed by atoms with Crippen molar-refractivity contribution in [1.29, 1.82) is 0 Å². The minimum atomic E-state index is -0.417. The minimum Gasteiger partial charge on any atom is -0.485 e. The second-order valence-corrected chi connectivity index (χ2v) is 7.04. The Balaban J connectivity index is 1.53. The highest BCUT2D eigenvalue weighted by Gasteiger charge is 2.21. The number of benzene rings is 3. The van der Waals surface area contributed by atoms with Crippen LogP contribution in [0.2, 0.25) is 0 Å². The highest BCUT2D eigenvalue weighted by atomic mass is 16.6. The van der Waals surface area contributed by atoms with E-state index in [0.717, 1.165) is 36.6 Å². The van der Waals surface area contributed by atoms with Crippen molar-refractivity contribution in [2.24, 2.45) is 4.99 Å². The Morgan fingerprint density at radius 2 is 1.65 bits per heavy atom. The SMILES string of the molecule is CCN1CCN=C1c1ccccc1Oc1ccccc1OCc1ccc([N+](=O)[O-])cc1. The molecule has 0 saturated heterocycles. The third-order valence-corrected chi connectivity index (χ3v) is 5.05. The normalized spacial score (nSPS) is 13.1. The second kappa shape index (κ2) is 9.30. The largest absolute Gasteiger partial charge is 0.485 e. The molecule has 0 amide bonds. The number of amidine groups is 1. The van der Waals surface area contributed by atoms with E-state index in [1.54, 1.807) is 12.1 Å². The van der Waals surface area contributed by atoms with Gasteiger partial charge in [-0.2, -0.15) is 0 Å². The molecule has 158 valence electrons. The highest BCUT2D eigenvalue weighted by Crippen LogP contribution is 2.34. The maximum absolute atomic E-state index is 10.8. The number of aliphatic imine (C=N–C) groups is 1. The molecule has 3 aromatic rings. The molecule has 0 unspecified atom stereocenters.